The lowest BCUT2D eigenvalue weighted by molar-refractivity contribution is 0.525. The third kappa shape index (κ3) is 7.57. The van der Waals surface area contributed by atoms with Crippen LogP contribution in [0.25, 0.3) is 0 Å². The number of nitrogens with zero attached hydrogens (tertiary/aromatic N) is 1. The molecule has 0 saturated carbocycles. The molecule has 0 N–H and O–H groups in total. The highest BCUT2D eigenvalue weighted by molar-refractivity contribution is 5.56. The van der Waals surface area contributed by atoms with Crippen LogP contribution >= 0.6 is 0 Å². The van der Waals surface area contributed by atoms with E-state index < -0.39 is 0 Å². The zero-order valence-corrected chi connectivity index (χ0v) is 8.14. The average Bonchev–Trinajstić information content (AvgIpc) is 2.04. The zero-order valence-electron chi connectivity index (χ0n) is 8.14. The topological polar surface area (TPSA) is 12.4 Å². The number of hydrogen-bond donors (Lipinski definition) is 0. The minimum Gasteiger partial charge on any atom is -0.298 e. The zero-order chi connectivity index (χ0) is 8.53. The molecular weight excluding hydrogens is 134 g/mol. The smallest absolute Gasteiger partial charge is 0.0387 e. The fourth-order valence-electron chi connectivity index (χ4n) is 0.811. The molecule has 1 nitrogen and oxygen atoms in total. The fourth-order valence-corrected chi connectivity index (χ4v) is 0.811. The van der Waals surface area contributed by atoms with Crippen LogP contribution in [0.1, 0.15) is 46.5 Å². The summed E-state index contributed by atoms with van der Waals surface area (Å²) in [6.07, 6.45) is 6.94. The van der Waals surface area contributed by atoms with E-state index in [0.717, 1.165) is 18.9 Å². The van der Waals surface area contributed by atoms with Crippen molar-refractivity contribution in [1.29, 1.82) is 0 Å². The van der Waals surface area contributed by atoms with Gasteiger partial charge in [-0.2, -0.15) is 0 Å². The van der Waals surface area contributed by atoms with Gasteiger partial charge in [0.1, 0.15) is 0 Å². The van der Waals surface area contributed by atoms with Crippen molar-refractivity contribution in [2.24, 2.45) is 10.9 Å². The number of unbranched alkanes of at least 4 members (excludes halogenated alkanes) is 1. The van der Waals surface area contributed by atoms with Crippen molar-refractivity contribution in [3.63, 3.8) is 0 Å². The van der Waals surface area contributed by atoms with Crippen LogP contribution in [0.4, 0.5) is 0 Å². The van der Waals surface area contributed by atoms with Crippen molar-refractivity contribution >= 4 is 6.21 Å². The maximum atomic E-state index is 4.32. The van der Waals surface area contributed by atoms with Gasteiger partial charge in [0.25, 0.3) is 0 Å². The lowest BCUT2D eigenvalue weighted by Crippen LogP contribution is -1.94. The van der Waals surface area contributed by atoms with E-state index in [2.05, 4.69) is 32.0 Å². The monoisotopic (exact) mass is 155 g/mol. The second-order valence-corrected chi connectivity index (χ2v) is 3.18. The van der Waals surface area contributed by atoms with Crippen LogP contribution in [0.5, 0.6) is 0 Å². The van der Waals surface area contributed by atoms with Gasteiger partial charge in [-0.25, -0.2) is 0 Å². The summed E-state index contributed by atoms with van der Waals surface area (Å²) in [5.74, 6) is 0.841. The molecule has 11 heavy (non-hydrogen) atoms. The Labute approximate surface area is 70.9 Å². The van der Waals surface area contributed by atoms with Crippen LogP contribution < -0.4 is 0 Å². The van der Waals surface area contributed by atoms with Gasteiger partial charge in [0.2, 0.25) is 0 Å². The molecule has 0 aliphatic carbocycles. The molecule has 0 aliphatic rings. The SMILES string of the molecule is CCC/C=N\CC[C@H](C)CC. The summed E-state index contributed by atoms with van der Waals surface area (Å²) in [7, 11) is 0. The first-order chi connectivity index (χ1) is 5.31. The molecule has 0 amide bonds. The molecule has 0 bridgehead atoms. The van der Waals surface area contributed by atoms with Gasteiger partial charge in [-0.15, -0.1) is 0 Å². The molecular formula is C10H21N. The minimum atomic E-state index is 0.841. The number of aliphatic imine (C=N–C) groups is 1. The number of rotatable bonds is 6. The van der Waals surface area contributed by atoms with E-state index in [-0.39, 0.29) is 0 Å². The van der Waals surface area contributed by atoms with Gasteiger partial charge < -0.3 is 0 Å². The molecule has 0 aromatic rings. The van der Waals surface area contributed by atoms with Crippen molar-refractivity contribution < 1.29 is 0 Å². The van der Waals surface area contributed by atoms with Gasteiger partial charge in [0.05, 0.1) is 0 Å². The Hall–Kier alpha value is -0.330. The number of hydrogen-bond acceptors (Lipinski definition) is 1. The van der Waals surface area contributed by atoms with Gasteiger partial charge in [-0.1, -0.05) is 33.6 Å². The Kier molecular flexibility index (Phi) is 7.54. The van der Waals surface area contributed by atoms with Crippen LogP contribution in [0.2, 0.25) is 0 Å². The fraction of sp³-hybridized carbons (Fsp3) is 0.900. The second kappa shape index (κ2) is 7.77. The van der Waals surface area contributed by atoms with E-state index in [9.17, 15) is 0 Å². The van der Waals surface area contributed by atoms with Crippen molar-refractivity contribution in [2.45, 2.75) is 46.5 Å². The molecule has 0 aromatic heterocycles. The molecule has 0 unspecified atom stereocenters. The highest BCUT2D eigenvalue weighted by Gasteiger charge is 1.94. The normalized spacial score (nSPS) is 14.1. The highest BCUT2D eigenvalue weighted by Crippen LogP contribution is 2.05. The van der Waals surface area contributed by atoms with Gasteiger partial charge in [-0.3, -0.25) is 4.99 Å². The summed E-state index contributed by atoms with van der Waals surface area (Å²) in [6.45, 7) is 7.73. The van der Waals surface area contributed by atoms with E-state index in [4.69, 9.17) is 0 Å². The molecule has 0 rings (SSSR count). The second-order valence-electron chi connectivity index (χ2n) is 3.18. The van der Waals surface area contributed by atoms with E-state index in [1.54, 1.807) is 0 Å². The Morgan fingerprint density at radius 2 is 2.09 bits per heavy atom. The lowest BCUT2D eigenvalue weighted by Gasteiger charge is -2.03. The molecule has 66 valence electrons. The Bertz CT molecular complexity index is 97.0. The third-order valence-corrected chi connectivity index (χ3v) is 1.99. The van der Waals surface area contributed by atoms with Crippen LogP contribution in [-0.4, -0.2) is 12.8 Å². The summed E-state index contributed by atoms with van der Waals surface area (Å²) in [5.41, 5.74) is 0. The molecule has 0 aromatic carbocycles. The summed E-state index contributed by atoms with van der Waals surface area (Å²) < 4.78 is 0. The van der Waals surface area contributed by atoms with E-state index in [1.165, 1.54) is 19.3 Å². The molecule has 1 atom stereocenters. The first kappa shape index (κ1) is 10.7. The van der Waals surface area contributed by atoms with Gasteiger partial charge in [-0.05, 0) is 25.0 Å². The first-order valence-corrected chi connectivity index (χ1v) is 4.79. The maximum Gasteiger partial charge on any atom is 0.0387 e. The molecule has 0 spiro atoms. The molecule has 1 heteroatoms. The molecule has 0 fully saturated rings. The molecule has 0 aliphatic heterocycles. The van der Waals surface area contributed by atoms with Crippen LogP contribution in [-0.2, 0) is 0 Å². The van der Waals surface area contributed by atoms with Crippen LogP contribution in [0.15, 0.2) is 4.99 Å². The summed E-state index contributed by atoms with van der Waals surface area (Å²) >= 11 is 0. The van der Waals surface area contributed by atoms with Gasteiger partial charge in [0.15, 0.2) is 0 Å². The summed E-state index contributed by atoms with van der Waals surface area (Å²) in [5, 5.41) is 0. The summed E-state index contributed by atoms with van der Waals surface area (Å²) in [4.78, 5) is 4.32. The maximum absolute atomic E-state index is 4.32. The first-order valence-electron chi connectivity index (χ1n) is 4.79. The average molecular weight is 155 g/mol. The predicted molar refractivity (Wildman–Crippen MR) is 52.3 cm³/mol. The quantitative estimate of drug-likeness (QED) is 0.522. The van der Waals surface area contributed by atoms with E-state index in [1.807, 2.05) is 0 Å². The van der Waals surface area contributed by atoms with Gasteiger partial charge >= 0.3 is 0 Å². The Morgan fingerprint density at radius 3 is 2.64 bits per heavy atom. The largest absolute Gasteiger partial charge is 0.298 e. The summed E-state index contributed by atoms with van der Waals surface area (Å²) in [6, 6.07) is 0. The Balaban J connectivity index is 3.12. The lowest BCUT2D eigenvalue weighted by atomic mass is 10.1. The van der Waals surface area contributed by atoms with Crippen LogP contribution in [0.3, 0.4) is 0 Å². The minimum absolute atomic E-state index is 0.841. The van der Waals surface area contributed by atoms with E-state index in [0.29, 0.717) is 0 Å². The third-order valence-electron chi connectivity index (χ3n) is 1.99. The van der Waals surface area contributed by atoms with Crippen molar-refractivity contribution in [3.8, 4) is 0 Å². The molecule has 0 radical (unpaired) electrons. The van der Waals surface area contributed by atoms with Gasteiger partial charge in [0, 0.05) is 6.54 Å². The van der Waals surface area contributed by atoms with Crippen molar-refractivity contribution in [3.05, 3.63) is 0 Å². The van der Waals surface area contributed by atoms with E-state index >= 15 is 0 Å². The van der Waals surface area contributed by atoms with Crippen molar-refractivity contribution in [2.75, 3.05) is 6.54 Å². The molecule has 0 saturated heterocycles. The van der Waals surface area contributed by atoms with Crippen LogP contribution in [0, 0.1) is 5.92 Å². The highest BCUT2D eigenvalue weighted by atomic mass is 14.7. The predicted octanol–water partition coefficient (Wildman–Crippen LogP) is 3.29. The Morgan fingerprint density at radius 1 is 1.36 bits per heavy atom. The van der Waals surface area contributed by atoms with Crippen molar-refractivity contribution in [1.82, 2.24) is 0 Å². The standard InChI is InChI=1S/C10H21N/c1-4-6-8-11-9-7-10(3)5-2/h8,10H,4-7,9H2,1-3H3/b11-8-/t10-/m1/s1. The molecule has 0 heterocycles.